The van der Waals surface area contributed by atoms with Crippen LogP contribution in [0.4, 0.5) is 0 Å². The second kappa shape index (κ2) is 6.21. The number of benzene rings is 1. The number of carbonyl (C=O) groups excluding carboxylic acids is 1. The summed E-state index contributed by atoms with van der Waals surface area (Å²) in [5, 5.41) is 15.7. The van der Waals surface area contributed by atoms with Crippen LogP contribution in [-0.4, -0.2) is 33.3 Å². The number of rotatable bonds is 5. The van der Waals surface area contributed by atoms with Crippen LogP contribution in [0, 0.1) is 12.8 Å². The van der Waals surface area contributed by atoms with Gasteiger partial charge in [0.15, 0.2) is 0 Å². The number of carbonyl (C=O) groups is 2. The van der Waals surface area contributed by atoms with Crippen molar-refractivity contribution in [3.8, 4) is 5.69 Å². The summed E-state index contributed by atoms with van der Waals surface area (Å²) in [4.78, 5) is 22.8. The van der Waals surface area contributed by atoms with Gasteiger partial charge in [0.05, 0.1) is 22.9 Å². The monoisotopic (exact) mass is 287 g/mol. The molecule has 0 bridgehead atoms. The Labute approximate surface area is 122 Å². The van der Waals surface area contributed by atoms with E-state index in [1.807, 2.05) is 30.3 Å². The second-order valence-electron chi connectivity index (χ2n) is 4.86. The van der Waals surface area contributed by atoms with Crippen molar-refractivity contribution in [1.29, 1.82) is 0 Å². The van der Waals surface area contributed by atoms with Gasteiger partial charge in [-0.1, -0.05) is 25.1 Å². The van der Waals surface area contributed by atoms with Crippen LogP contribution in [0.5, 0.6) is 0 Å². The first kappa shape index (κ1) is 14.8. The molecule has 2 N–H and O–H groups in total. The van der Waals surface area contributed by atoms with Crippen molar-refractivity contribution in [3.05, 3.63) is 47.8 Å². The minimum atomic E-state index is -0.938. The summed E-state index contributed by atoms with van der Waals surface area (Å²) < 4.78 is 1.63. The minimum absolute atomic E-state index is 0.0874. The normalized spacial score (nSPS) is 11.9. The maximum atomic E-state index is 12.1. The van der Waals surface area contributed by atoms with Gasteiger partial charge in [0.1, 0.15) is 0 Å². The van der Waals surface area contributed by atoms with Gasteiger partial charge < -0.3 is 10.4 Å². The SMILES string of the molecule is Cc1nn(-c2ccccc2)cc1C(=O)NCC(C)C(=O)O. The third kappa shape index (κ3) is 3.47. The number of carboxylic acids is 1. The Morgan fingerprint density at radius 1 is 1.33 bits per heavy atom. The molecule has 110 valence electrons. The van der Waals surface area contributed by atoms with Crippen LogP contribution in [0.25, 0.3) is 5.69 Å². The van der Waals surface area contributed by atoms with Crippen LogP contribution in [0.3, 0.4) is 0 Å². The Hall–Kier alpha value is -2.63. The maximum absolute atomic E-state index is 12.1. The van der Waals surface area contributed by atoms with E-state index in [2.05, 4.69) is 10.4 Å². The van der Waals surface area contributed by atoms with E-state index in [1.54, 1.807) is 24.7 Å². The molecule has 1 heterocycles. The molecule has 0 radical (unpaired) electrons. The molecule has 0 aliphatic rings. The van der Waals surface area contributed by atoms with Gasteiger partial charge in [0.2, 0.25) is 0 Å². The summed E-state index contributed by atoms with van der Waals surface area (Å²) in [6.45, 7) is 3.38. The van der Waals surface area contributed by atoms with Crippen LogP contribution < -0.4 is 5.32 Å². The highest BCUT2D eigenvalue weighted by Crippen LogP contribution is 2.11. The predicted octanol–water partition coefficient (Wildman–Crippen LogP) is 1.63. The fraction of sp³-hybridized carbons (Fsp3) is 0.267. The number of aliphatic carboxylic acids is 1. The lowest BCUT2D eigenvalue weighted by Crippen LogP contribution is -2.31. The van der Waals surface area contributed by atoms with Gasteiger partial charge in [0.25, 0.3) is 5.91 Å². The molecule has 6 heteroatoms. The third-order valence-corrected chi connectivity index (χ3v) is 3.15. The average Bonchev–Trinajstić information content (AvgIpc) is 2.87. The molecule has 0 saturated carbocycles. The number of nitrogens with zero attached hydrogens (tertiary/aromatic N) is 2. The molecule has 0 spiro atoms. The number of para-hydroxylation sites is 1. The van der Waals surface area contributed by atoms with Crippen molar-refractivity contribution in [2.24, 2.45) is 5.92 Å². The van der Waals surface area contributed by atoms with Crippen LogP contribution >= 0.6 is 0 Å². The summed E-state index contributed by atoms with van der Waals surface area (Å²) in [6.07, 6.45) is 1.64. The first-order valence-corrected chi connectivity index (χ1v) is 6.61. The van der Waals surface area contributed by atoms with Crippen molar-refractivity contribution in [3.63, 3.8) is 0 Å². The van der Waals surface area contributed by atoms with Gasteiger partial charge >= 0.3 is 5.97 Å². The van der Waals surface area contributed by atoms with Crippen molar-refractivity contribution < 1.29 is 14.7 Å². The Kier molecular flexibility index (Phi) is 4.37. The molecule has 1 unspecified atom stereocenters. The lowest BCUT2D eigenvalue weighted by molar-refractivity contribution is -0.140. The number of hydrogen-bond donors (Lipinski definition) is 2. The Balaban J connectivity index is 2.12. The van der Waals surface area contributed by atoms with Crippen molar-refractivity contribution in [2.45, 2.75) is 13.8 Å². The van der Waals surface area contributed by atoms with Crippen molar-refractivity contribution in [2.75, 3.05) is 6.54 Å². The van der Waals surface area contributed by atoms with E-state index in [0.29, 0.717) is 11.3 Å². The second-order valence-corrected chi connectivity index (χ2v) is 4.86. The molecule has 0 aliphatic heterocycles. The molecule has 1 atom stereocenters. The summed E-state index contributed by atoms with van der Waals surface area (Å²) >= 11 is 0. The van der Waals surface area contributed by atoms with E-state index in [0.717, 1.165) is 5.69 Å². The highest BCUT2D eigenvalue weighted by atomic mass is 16.4. The van der Waals surface area contributed by atoms with Crippen LogP contribution in [0.2, 0.25) is 0 Å². The zero-order valence-electron chi connectivity index (χ0n) is 11.9. The maximum Gasteiger partial charge on any atom is 0.308 e. The van der Waals surface area contributed by atoms with E-state index in [-0.39, 0.29) is 12.5 Å². The molecule has 1 aromatic carbocycles. The summed E-state index contributed by atoms with van der Waals surface area (Å²) in [5.41, 5.74) is 1.90. The molecule has 0 aliphatic carbocycles. The number of amides is 1. The summed E-state index contributed by atoms with van der Waals surface area (Å²) in [6, 6.07) is 9.46. The van der Waals surface area contributed by atoms with Crippen LogP contribution in [0.15, 0.2) is 36.5 Å². The first-order chi connectivity index (χ1) is 9.99. The Bertz CT molecular complexity index is 649. The molecule has 1 aromatic heterocycles. The standard InChI is InChI=1S/C15H17N3O3/c1-10(15(20)21)8-16-14(19)13-9-18(17-11(13)2)12-6-4-3-5-7-12/h3-7,9-10H,8H2,1-2H3,(H,16,19)(H,20,21). The number of aryl methyl sites for hydroxylation is 1. The molecule has 2 aromatic rings. The van der Waals surface area contributed by atoms with Gasteiger partial charge in [-0.3, -0.25) is 9.59 Å². The van der Waals surface area contributed by atoms with Gasteiger partial charge in [-0.25, -0.2) is 4.68 Å². The topological polar surface area (TPSA) is 84.2 Å². The quantitative estimate of drug-likeness (QED) is 0.875. The van der Waals surface area contributed by atoms with E-state index < -0.39 is 11.9 Å². The average molecular weight is 287 g/mol. The summed E-state index contributed by atoms with van der Waals surface area (Å²) in [5.74, 6) is -1.88. The van der Waals surface area contributed by atoms with E-state index in [9.17, 15) is 9.59 Å². The third-order valence-electron chi connectivity index (χ3n) is 3.15. The molecule has 0 saturated heterocycles. The van der Waals surface area contributed by atoms with Crippen LogP contribution in [0.1, 0.15) is 23.0 Å². The highest BCUT2D eigenvalue weighted by molar-refractivity contribution is 5.95. The summed E-state index contributed by atoms with van der Waals surface area (Å²) in [7, 11) is 0. The van der Waals surface area contributed by atoms with E-state index >= 15 is 0 Å². The molecule has 0 fully saturated rings. The lowest BCUT2D eigenvalue weighted by atomic mass is 10.2. The van der Waals surface area contributed by atoms with Gasteiger partial charge in [-0.15, -0.1) is 0 Å². The van der Waals surface area contributed by atoms with Crippen molar-refractivity contribution >= 4 is 11.9 Å². The molecular formula is C15H17N3O3. The smallest absolute Gasteiger partial charge is 0.308 e. The first-order valence-electron chi connectivity index (χ1n) is 6.61. The molecule has 21 heavy (non-hydrogen) atoms. The Morgan fingerprint density at radius 3 is 2.62 bits per heavy atom. The van der Waals surface area contributed by atoms with E-state index in [4.69, 9.17) is 5.11 Å². The largest absolute Gasteiger partial charge is 0.481 e. The number of nitrogens with one attached hydrogen (secondary N) is 1. The van der Waals surface area contributed by atoms with Crippen molar-refractivity contribution in [1.82, 2.24) is 15.1 Å². The van der Waals surface area contributed by atoms with Gasteiger partial charge in [-0.05, 0) is 19.1 Å². The molecular weight excluding hydrogens is 270 g/mol. The fourth-order valence-electron chi connectivity index (χ4n) is 1.82. The van der Waals surface area contributed by atoms with Gasteiger partial charge in [-0.2, -0.15) is 5.10 Å². The number of carboxylic acid groups (broad SMARTS) is 1. The lowest BCUT2D eigenvalue weighted by Gasteiger charge is -2.07. The van der Waals surface area contributed by atoms with Gasteiger partial charge in [0, 0.05) is 12.7 Å². The fourth-order valence-corrected chi connectivity index (χ4v) is 1.82. The predicted molar refractivity (Wildman–Crippen MR) is 77.4 cm³/mol. The molecule has 2 rings (SSSR count). The molecule has 1 amide bonds. The van der Waals surface area contributed by atoms with Crippen LogP contribution in [-0.2, 0) is 4.79 Å². The minimum Gasteiger partial charge on any atom is -0.481 e. The zero-order valence-corrected chi connectivity index (χ0v) is 11.9. The van der Waals surface area contributed by atoms with E-state index in [1.165, 1.54) is 0 Å². The number of aromatic nitrogens is 2. The zero-order chi connectivity index (χ0) is 15.4. The molecule has 6 nitrogen and oxygen atoms in total. The number of hydrogen-bond acceptors (Lipinski definition) is 3. The highest BCUT2D eigenvalue weighted by Gasteiger charge is 2.17. The Morgan fingerprint density at radius 2 is 2.00 bits per heavy atom.